The summed E-state index contributed by atoms with van der Waals surface area (Å²) in [6, 6.07) is 116. The van der Waals surface area contributed by atoms with Crippen molar-refractivity contribution in [2.45, 2.75) is 104 Å². The topological polar surface area (TPSA) is 22.8 Å². The molecule has 8 aliphatic rings. The van der Waals surface area contributed by atoms with Crippen LogP contribution in [-0.4, -0.2) is 42.7 Å². The molecule has 0 bridgehead atoms. The summed E-state index contributed by atoms with van der Waals surface area (Å²) >= 11 is 0. The van der Waals surface area contributed by atoms with Gasteiger partial charge >= 0.3 is 0 Å². The van der Waals surface area contributed by atoms with Gasteiger partial charge in [-0.1, -0.05) is 307 Å². The zero-order chi connectivity index (χ0) is 86.7. The summed E-state index contributed by atoms with van der Waals surface area (Å²) in [5, 5.41) is 5.35. The Bertz CT molecular complexity index is 7620. The Morgan fingerprint density at radius 2 is 0.453 bits per heavy atom. The summed E-state index contributed by atoms with van der Waals surface area (Å²) in [6.07, 6.45) is 0. The van der Waals surface area contributed by atoms with Crippen molar-refractivity contribution in [3.05, 3.63) is 387 Å². The van der Waals surface area contributed by atoms with Crippen molar-refractivity contribution in [3.63, 3.8) is 0 Å². The first-order valence-corrected chi connectivity index (χ1v) is 45.9. The SMILES string of the molecule is Cc1cc(C)c(B2c3cc(C)ccc3N3c4ccc(C)cc4B(c4c(C)cc(C)cc4C)c4cc(C)cc2c43)c(C)c1.Cc1ccc(N2c3ccc(C)cc3B3c4cc(C)ccc4N4c5ccc(C)cc5B5c6cc(C)ccc6N(c6ccc(C)cc6)c6cc2c3c4c65)cc1.c1cc2c3c(c1)-n1c4ccccc4c4cccc(c41)B3c1cccc3c4ccccc4n-2c13. The normalized spacial score (nSPS) is 13.6. The van der Waals surface area contributed by atoms with Crippen LogP contribution in [0.15, 0.2) is 303 Å². The molecule has 0 aliphatic carbocycles. The lowest BCUT2D eigenvalue weighted by atomic mass is 9.28. The van der Waals surface area contributed by atoms with Crippen LogP contribution in [0.5, 0.6) is 0 Å². The van der Waals surface area contributed by atoms with E-state index in [-0.39, 0.29) is 33.6 Å². The molecule has 8 aliphatic heterocycles. The number of nitrogens with zero attached hydrogens (tertiary/aromatic N) is 6. The van der Waals surface area contributed by atoms with E-state index in [1.165, 1.54) is 289 Å². The van der Waals surface area contributed by atoms with Gasteiger partial charge in [0.25, 0.3) is 20.1 Å². The number of rotatable bonds is 4. The van der Waals surface area contributed by atoms with Crippen LogP contribution in [0.1, 0.15) is 83.5 Å². The van der Waals surface area contributed by atoms with E-state index < -0.39 is 0 Å². The lowest BCUT2D eigenvalue weighted by Gasteiger charge is -2.51. The maximum absolute atomic E-state index is 2.64. The molecular weight excluding hydrogens is 1540 g/mol. The number of fused-ring (bicyclic) bond motifs is 24. The molecule has 0 atom stereocenters. The molecule has 6 nitrogen and oxygen atoms in total. The summed E-state index contributed by atoms with van der Waals surface area (Å²) in [7, 11) is 0. The highest BCUT2D eigenvalue weighted by molar-refractivity contribution is 7.06. The molecule has 128 heavy (non-hydrogen) atoms. The number of aryl methyl sites for hydroxylation is 15. The van der Waals surface area contributed by atoms with E-state index in [9.17, 15) is 0 Å². The zero-order valence-electron chi connectivity index (χ0n) is 75.4. The summed E-state index contributed by atoms with van der Waals surface area (Å²) in [4.78, 5) is 10.3. The maximum atomic E-state index is 2.64. The molecule has 0 spiro atoms. The maximum Gasteiger partial charge on any atom is 0.252 e. The lowest BCUT2D eigenvalue weighted by molar-refractivity contribution is 1.14. The van der Waals surface area contributed by atoms with Crippen molar-refractivity contribution < 1.29 is 0 Å². The minimum Gasteiger partial charge on any atom is -0.313 e. The van der Waals surface area contributed by atoms with Gasteiger partial charge in [-0.3, -0.25) is 0 Å². The Hall–Kier alpha value is -14.1. The van der Waals surface area contributed by atoms with Crippen molar-refractivity contribution in [2.75, 3.05) is 19.6 Å². The van der Waals surface area contributed by atoms with Gasteiger partial charge < -0.3 is 28.7 Å². The first-order chi connectivity index (χ1) is 62.2. The minimum absolute atomic E-state index is 0.0902. The first-order valence-electron chi connectivity index (χ1n) is 45.9. The van der Waals surface area contributed by atoms with Crippen LogP contribution in [0.25, 0.3) is 55.0 Å². The summed E-state index contributed by atoms with van der Waals surface area (Å²) in [5.74, 6) is 0. The molecule has 0 N–H and O–H groups in total. The summed E-state index contributed by atoms with van der Waals surface area (Å²) in [6.45, 7) is 34.5. The average Bonchev–Trinajstić information content (AvgIpc) is 1.34. The number of benzene rings is 17. The zero-order valence-corrected chi connectivity index (χ0v) is 75.4. The molecule has 17 aromatic carbocycles. The van der Waals surface area contributed by atoms with Crippen molar-refractivity contribution in [1.82, 2.24) is 9.13 Å². The predicted molar refractivity (Wildman–Crippen MR) is 554 cm³/mol. The Morgan fingerprint density at radius 1 is 0.172 bits per heavy atom. The van der Waals surface area contributed by atoms with Crippen LogP contribution in [0.2, 0.25) is 0 Å². The van der Waals surface area contributed by atoms with Crippen LogP contribution >= 0.6 is 0 Å². The van der Waals surface area contributed by atoms with Crippen LogP contribution in [0.3, 0.4) is 0 Å². The molecular formula is C117H95B5N6. The largest absolute Gasteiger partial charge is 0.313 e. The van der Waals surface area contributed by atoms with Crippen molar-refractivity contribution in [3.8, 4) is 11.4 Å². The van der Waals surface area contributed by atoms with Crippen LogP contribution in [0, 0.1) is 104 Å². The molecule has 27 rings (SSSR count). The Kier molecular flexibility index (Phi) is 16.7. The highest BCUT2D eigenvalue weighted by atomic mass is 15.2. The fourth-order valence-corrected chi connectivity index (χ4v) is 25.0. The van der Waals surface area contributed by atoms with Crippen LogP contribution in [-0.2, 0) is 0 Å². The van der Waals surface area contributed by atoms with Crippen molar-refractivity contribution in [2.24, 2.45) is 0 Å². The molecule has 0 amide bonds. The van der Waals surface area contributed by atoms with E-state index in [1.807, 2.05) is 0 Å². The summed E-state index contributed by atoms with van der Waals surface area (Å²) in [5.41, 5.74) is 64.1. The van der Waals surface area contributed by atoms with Gasteiger partial charge in [-0.05, 0) is 266 Å². The molecule has 608 valence electrons. The average molecular weight is 1640 g/mol. The standard InChI is InChI=1S/C48H39B2N3.C39H39B2N.C30H17BN2/c1-28-7-15-34(16-8-28)51-40-19-11-30(3)23-36(40)49-38-25-32(5)13-21-42(38)53-43-22-14-33(6)26-39(43)50-37-24-31(4)12-20-41(37)52(35-17-9-29(2)10-18-35)45-27-44(51)46(49)48(53)47(45)50;1-22-10-12-35-31(18-22)40(37-27(6)14-24(3)15-28(37)7)33-20-26(5)21-34-39(33)42(35)36-13-11-23(2)19-32(36)41(34)38-29(8)16-25(4)17-30(38)9;1-3-14-24-18(8-1)20-10-5-12-22-29(20)32(24)26-16-7-17-27-28(26)31(22)23-13-6-11-21-19-9-2-4-15-25(19)33(27)30(21)23/h7-27H,1-6H3;10-21H,1-9H3;1-17H. The second kappa shape index (κ2) is 27.9. The van der Waals surface area contributed by atoms with E-state index in [0.29, 0.717) is 0 Å². The van der Waals surface area contributed by atoms with Gasteiger partial charge in [0.15, 0.2) is 0 Å². The summed E-state index contributed by atoms with van der Waals surface area (Å²) < 4.78 is 5.01. The van der Waals surface area contributed by atoms with Crippen molar-refractivity contribution >= 4 is 227 Å². The Balaban J connectivity index is 0.000000107. The molecule has 0 saturated carbocycles. The molecule has 0 fully saturated rings. The predicted octanol–water partition coefficient (Wildman–Crippen LogP) is 18.8. The van der Waals surface area contributed by atoms with Gasteiger partial charge in [-0.15, -0.1) is 0 Å². The second-order valence-electron chi connectivity index (χ2n) is 38.5. The van der Waals surface area contributed by atoms with Gasteiger partial charge in [-0.25, -0.2) is 0 Å². The molecule has 0 radical (unpaired) electrons. The fourth-order valence-electron chi connectivity index (χ4n) is 25.0. The molecule has 2 aromatic heterocycles. The van der Waals surface area contributed by atoms with E-state index in [4.69, 9.17) is 0 Å². The number of hydrogen-bond donors (Lipinski definition) is 0. The molecule has 11 heteroatoms. The molecule has 0 unspecified atom stereocenters. The Morgan fingerprint density at radius 3 is 0.812 bits per heavy atom. The number of aromatic nitrogens is 2. The Labute approximate surface area is 752 Å². The molecule has 19 aromatic rings. The third kappa shape index (κ3) is 10.9. The monoisotopic (exact) mass is 1640 g/mol. The van der Waals surface area contributed by atoms with Gasteiger partial charge in [0.1, 0.15) is 0 Å². The number of para-hydroxylation sites is 4. The lowest BCUT2D eigenvalue weighted by Crippen LogP contribution is -2.68. The van der Waals surface area contributed by atoms with E-state index in [2.05, 4.69) is 436 Å². The highest BCUT2D eigenvalue weighted by Gasteiger charge is 2.53. The number of anilines is 12. The highest BCUT2D eigenvalue weighted by Crippen LogP contribution is 2.51. The quantitative estimate of drug-likeness (QED) is 0.164. The van der Waals surface area contributed by atoms with Gasteiger partial charge in [0.2, 0.25) is 13.4 Å². The third-order valence-electron chi connectivity index (χ3n) is 29.7. The van der Waals surface area contributed by atoms with Crippen LogP contribution < -0.4 is 102 Å². The van der Waals surface area contributed by atoms with Gasteiger partial charge in [0, 0.05) is 112 Å². The van der Waals surface area contributed by atoms with Gasteiger partial charge in [0.05, 0.1) is 11.0 Å². The van der Waals surface area contributed by atoms with Gasteiger partial charge in [-0.2, -0.15) is 0 Å². The first kappa shape index (κ1) is 76.3. The second-order valence-corrected chi connectivity index (χ2v) is 38.5. The minimum atomic E-state index is 0.0902. The fraction of sp³-hybridized carbons (Fsp3) is 0.128. The van der Waals surface area contributed by atoms with E-state index in [1.54, 1.807) is 0 Å². The smallest absolute Gasteiger partial charge is 0.252 e. The molecule has 10 heterocycles. The number of hydrogen-bond acceptors (Lipinski definition) is 4. The van der Waals surface area contributed by atoms with E-state index in [0.717, 1.165) is 0 Å². The third-order valence-corrected chi connectivity index (χ3v) is 29.7. The van der Waals surface area contributed by atoms with Crippen LogP contribution in [0.4, 0.5) is 68.2 Å². The molecule has 0 saturated heterocycles. The van der Waals surface area contributed by atoms with Crippen molar-refractivity contribution in [1.29, 1.82) is 0 Å². The van der Waals surface area contributed by atoms with E-state index >= 15 is 0 Å².